The summed E-state index contributed by atoms with van der Waals surface area (Å²) < 4.78 is 24.4. The van der Waals surface area contributed by atoms with Crippen LogP contribution in [0.1, 0.15) is 196 Å². The summed E-state index contributed by atoms with van der Waals surface area (Å²) >= 11 is 0. The number of carbonyl (C=O) groups excluding carboxylic acids is 4. The number of nitrogens with one attached hydrogen (secondary N) is 3. The van der Waals surface area contributed by atoms with Gasteiger partial charge in [-0.25, -0.2) is 4.68 Å². The number of esters is 1. The molecule has 5 N–H and O–H groups in total. The van der Waals surface area contributed by atoms with Gasteiger partial charge in [0, 0.05) is 60.8 Å². The number of nitrogens with zero attached hydrogens (tertiary/aromatic N) is 3. The van der Waals surface area contributed by atoms with Crippen molar-refractivity contribution in [3.63, 3.8) is 0 Å². The van der Waals surface area contributed by atoms with Gasteiger partial charge in [-0.2, -0.15) is 0 Å². The van der Waals surface area contributed by atoms with Crippen LogP contribution in [0.15, 0.2) is 140 Å². The van der Waals surface area contributed by atoms with Gasteiger partial charge >= 0.3 is 5.97 Å². The molecule has 90 heavy (non-hydrogen) atoms. The van der Waals surface area contributed by atoms with E-state index in [2.05, 4.69) is 40.1 Å². The van der Waals surface area contributed by atoms with Crippen LogP contribution in [0, 0.1) is 0 Å². The fourth-order valence-corrected chi connectivity index (χ4v) is 10.5. The van der Waals surface area contributed by atoms with Crippen molar-refractivity contribution in [3.8, 4) is 28.7 Å². The van der Waals surface area contributed by atoms with E-state index in [0.717, 1.165) is 43.3 Å². The number of fused-ring (bicyclic) bond motifs is 3. The highest BCUT2D eigenvalue weighted by Gasteiger charge is 2.21. The molecule has 3 amide bonds. The number of phenols is 2. The van der Waals surface area contributed by atoms with Gasteiger partial charge in [0.25, 0.3) is 11.8 Å². The second-order valence-corrected chi connectivity index (χ2v) is 22.7. The summed E-state index contributed by atoms with van der Waals surface area (Å²) in [5, 5.41) is 41.1. The molecule has 1 heterocycles. The summed E-state index contributed by atoms with van der Waals surface area (Å²) in [7, 11) is 0. The number of amides is 3. The predicted molar refractivity (Wildman–Crippen MR) is 362 cm³/mol. The first kappa shape index (κ1) is 70.6. The minimum atomic E-state index is -0.458. The molecule has 1 aromatic heterocycles. The van der Waals surface area contributed by atoms with E-state index in [1.54, 1.807) is 65.3 Å². The summed E-state index contributed by atoms with van der Waals surface area (Å²) in [6.07, 6.45) is 29.2. The highest BCUT2D eigenvalue weighted by Crippen LogP contribution is 2.38. The number of hydrogen-bond donors (Lipinski definition) is 5. The Hall–Kier alpha value is -8.50. The standard InChI is InChI=1S/C38H46N4O4.C28H42N2O4.C8H8O2/c1-2-3-4-5-6-7-8-9-10-11-12-19-26-45-35-25-18-16-23-33(35)39-38(44)31-27-36(29-20-13-14-21-30(29)37(31)43)46-28-42-34-24-17-15-22-32(34)40-41-42;1-3-4-5-6-7-8-9-10-11-12-20-34-21-14-19-29-28(33)25-18-17-23-24(27(25)32)15-13-16-26(23)30-22(2)31;1-7(9)10-8-5-3-2-4-6-8/h13-18,20-25,27,43H,2-12,19,26,28H2,1H3,(H,39,44);13,15-18,32H,3-12,14,19-21H2,1-2H3,(H,29,33)(H,30,31);2-6H,1H3. The Bertz CT molecular complexity index is 3420. The predicted octanol–water partition coefficient (Wildman–Crippen LogP) is 17.8. The molecular formula is C74H96N6O10. The van der Waals surface area contributed by atoms with E-state index in [9.17, 15) is 29.4 Å². The maximum Gasteiger partial charge on any atom is 0.308 e. The Morgan fingerprint density at radius 3 is 1.66 bits per heavy atom. The normalized spacial score (nSPS) is 10.9. The molecule has 0 saturated heterocycles. The number of aromatic hydroxyl groups is 2. The van der Waals surface area contributed by atoms with Crippen LogP contribution in [-0.4, -0.2) is 75.3 Å². The van der Waals surface area contributed by atoms with Crippen molar-refractivity contribution in [2.24, 2.45) is 0 Å². The zero-order chi connectivity index (χ0) is 64.0. The van der Waals surface area contributed by atoms with E-state index in [4.69, 9.17) is 18.9 Å². The van der Waals surface area contributed by atoms with Gasteiger partial charge in [-0.1, -0.05) is 232 Å². The summed E-state index contributed by atoms with van der Waals surface area (Å²) in [4.78, 5) is 47.9. The number of carbonyl (C=O) groups is 4. The molecule has 0 unspecified atom stereocenters. The number of benzene rings is 7. The van der Waals surface area contributed by atoms with Crippen LogP contribution < -0.4 is 30.2 Å². The molecule has 7 aromatic carbocycles. The monoisotopic (exact) mass is 1230 g/mol. The van der Waals surface area contributed by atoms with Crippen LogP contribution in [-0.2, 0) is 21.1 Å². The number of ether oxygens (including phenoxy) is 4. The first-order valence-electron chi connectivity index (χ1n) is 32.8. The lowest BCUT2D eigenvalue weighted by molar-refractivity contribution is -0.131. The van der Waals surface area contributed by atoms with E-state index in [0.29, 0.717) is 69.9 Å². The lowest BCUT2D eigenvalue weighted by Crippen LogP contribution is -2.25. The average Bonchev–Trinajstić information content (AvgIpc) is 1.18. The molecule has 482 valence electrons. The zero-order valence-electron chi connectivity index (χ0n) is 53.6. The van der Waals surface area contributed by atoms with E-state index >= 15 is 0 Å². The van der Waals surface area contributed by atoms with Crippen molar-refractivity contribution in [1.29, 1.82) is 0 Å². The molecule has 0 aliphatic rings. The van der Waals surface area contributed by atoms with Gasteiger partial charge < -0.3 is 45.1 Å². The van der Waals surface area contributed by atoms with Gasteiger partial charge in [0.15, 0.2) is 6.73 Å². The SMILES string of the molecule is CC(=O)Oc1ccccc1.CCCCCCCCCCCCCCOc1ccccc1NC(=O)c1cc(OCn2nnc3ccccc32)c2ccccc2c1O.CCCCCCCCCCCCOCCCNC(=O)c1ccc2c(NC(C)=O)cccc2c1O. The lowest BCUT2D eigenvalue weighted by Gasteiger charge is -2.16. The number of anilines is 2. The minimum absolute atomic E-state index is 0.0839. The van der Waals surface area contributed by atoms with Crippen molar-refractivity contribution in [2.75, 3.05) is 37.0 Å². The fourth-order valence-electron chi connectivity index (χ4n) is 10.5. The molecule has 8 aromatic rings. The van der Waals surface area contributed by atoms with Crippen LogP contribution in [0.3, 0.4) is 0 Å². The molecule has 0 saturated carbocycles. The molecule has 0 fully saturated rings. The zero-order valence-corrected chi connectivity index (χ0v) is 53.6. The molecule has 0 bridgehead atoms. The smallest absolute Gasteiger partial charge is 0.308 e. The van der Waals surface area contributed by atoms with Crippen molar-refractivity contribution in [1.82, 2.24) is 20.3 Å². The van der Waals surface area contributed by atoms with Gasteiger partial charge in [0.1, 0.15) is 34.3 Å². The maximum absolute atomic E-state index is 13.6. The van der Waals surface area contributed by atoms with Crippen LogP contribution in [0.2, 0.25) is 0 Å². The Morgan fingerprint density at radius 2 is 1.00 bits per heavy atom. The first-order valence-corrected chi connectivity index (χ1v) is 32.8. The van der Waals surface area contributed by atoms with Gasteiger partial charge in [-0.05, 0) is 73.9 Å². The summed E-state index contributed by atoms with van der Waals surface area (Å²) in [6, 6.07) is 41.4. The molecule has 16 heteroatoms. The Labute approximate surface area is 532 Å². The summed E-state index contributed by atoms with van der Waals surface area (Å²) in [5.41, 5.74) is 3.08. The number of hydrogen-bond acceptors (Lipinski definition) is 12. The van der Waals surface area contributed by atoms with Crippen LogP contribution >= 0.6 is 0 Å². The van der Waals surface area contributed by atoms with Crippen LogP contribution in [0.5, 0.6) is 28.7 Å². The van der Waals surface area contributed by atoms with Gasteiger partial charge in [-0.3, -0.25) is 19.2 Å². The van der Waals surface area contributed by atoms with Crippen molar-refractivity contribution in [2.45, 2.75) is 182 Å². The van der Waals surface area contributed by atoms with Crippen molar-refractivity contribution in [3.05, 3.63) is 151 Å². The van der Waals surface area contributed by atoms with Crippen molar-refractivity contribution >= 4 is 67.6 Å². The number of para-hydroxylation sites is 4. The number of rotatable bonds is 37. The Balaban J connectivity index is 0.000000256. The van der Waals surface area contributed by atoms with Crippen molar-refractivity contribution < 1.29 is 48.3 Å². The third-order valence-electron chi connectivity index (χ3n) is 15.4. The second-order valence-electron chi connectivity index (χ2n) is 22.7. The van der Waals surface area contributed by atoms with E-state index in [1.807, 2.05) is 78.9 Å². The maximum atomic E-state index is 13.6. The minimum Gasteiger partial charge on any atom is -0.506 e. The van der Waals surface area contributed by atoms with E-state index in [1.165, 1.54) is 136 Å². The molecule has 8 rings (SSSR count). The van der Waals surface area contributed by atoms with E-state index < -0.39 is 5.91 Å². The first-order chi connectivity index (χ1) is 44.0. The van der Waals surface area contributed by atoms with Crippen LogP contribution in [0.25, 0.3) is 32.6 Å². The van der Waals surface area contributed by atoms with Gasteiger partial charge in [-0.15, -0.1) is 5.10 Å². The summed E-state index contributed by atoms with van der Waals surface area (Å²) in [5.74, 6) is 0.203. The molecule has 0 spiro atoms. The highest BCUT2D eigenvalue weighted by atomic mass is 16.5. The Kier molecular flexibility index (Phi) is 32.1. The topological polar surface area (TPSA) is 212 Å². The molecule has 0 aliphatic carbocycles. The number of unbranched alkanes of at least 4 members (excludes halogenated alkanes) is 20. The van der Waals surface area contributed by atoms with Crippen LogP contribution in [0.4, 0.5) is 11.4 Å². The molecule has 16 nitrogen and oxygen atoms in total. The van der Waals surface area contributed by atoms with E-state index in [-0.39, 0.29) is 47.1 Å². The number of phenolic OH excluding ortho intramolecular Hbond substituents is 2. The largest absolute Gasteiger partial charge is 0.506 e. The second kappa shape index (κ2) is 40.9. The lowest BCUT2D eigenvalue weighted by atomic mass is 10.0. The quantitative estimate of drug-likeness (QED) is 0.0140. The molecule has 0 atom stereocenters. The van der Waals surface area contributed by atoms with Gasteiger partial charge in [0.05, 0.1) is 28.9 Å². The third-order valence-corrected chi connectivity index (χ3v) is 15.4. The molecular weight excluding hydrogens is 1130 g/mol. The Morgan fingerprint density at radius 1 is 0.467 bits per heavy atom. The van der Waals surface area contributed by atoms with Gasteiger partial charge in [0.2, 0.25) is 5.91 Å². The fraction of sp³-hybridized carbons (Fsp3) is 0.432. The third kappa shape index (κ3) is 24.5. The highest BCUT2D eigenvalue weighted by molar-refractivity contribution is 6.12. The summed E-state index contributed by atoms with van der Waals surface area (Å²) in [6.45, 7) is 9.87. The molecule has 0 radical (unpaired) electrons. The number of aromatic nitrogens is 3. The average molecular weight is 1230 g/mol. The molecule has 0 aliphatic heterocycles.